The molecule has 0 aliphatic heterocycles. The molecule has 0 aliphatic carbocycles. The van der Waals surface area contributed by atoms with E-state index >= 15 is 0 Å². The van der Waals surface area contributed by atoms with Crippen LogP contribution in [0.3, 0.4) is 0 Å². The van der Waals surface area contributed by atoms with E-state index in [0.29, 0.717) is 23.7 Å². The third-order valence-corrected chi connectivity index (χ3v) is 4.92. The van der Waals surface area contributed by atoms with Crippen molar-refractivity contribution in [3.63, 3.8) is 0 Å². The summed E-state index contributed by atoms with van der Waals surface area (Å²) in [6.07, 6.45) is -0.684. The van der Waals surface area contributed by atoms with Gasteiger partial charge in [-0.3, -0.25) is 14.2 Å². The molecule has 0 bridgehead atoms. The van der Waals surface area contributed by atoms with Gasteiger partial charge in [0.15, 0.2) is 6.10 Å². The predicted octanol–water partition coefficient (Wildman–Crippen LogP) is 3.50. The topological polar surface area (TPSA) is 69.6 Å². The molecular formula is C19H20N2O4S. The second-order valence-electron chi connectivity index (χ2n) is 5.72. The lowest BCUT2D eigenvalue weighted by atomic mass is 10.2. The van der Waals surface area contributed by atoms with Gasteiger partial charge in [0, 0.05) is 18.3 Å². The molecular weight excluding hydrogens is 352 g/mol. The molecule has 1 aromatic heterocycles. The van der Waals surface area contributed by atoms with Crippen LogP contribution in [-0.2, 0) is 11.3 Å². The van der Waals surface area contributed by atoms with E-state index < -0.39 is 6.10 Å². The van der Waals surface area contributed by atoms with Crippen LogP contribution in [0.1, 0.15) is 13.8 Å². The molecule has 0 spiro atoms. The zero-order valence-corrected chi connectivity index (χ0v) is 15.6. The molecule has 7 heteroatoms. The van der Waals surface area contributed by atoms with E-state index in [4.69, 9.17) is 9.47 Å². The van der Waals surface area contributed by atoms with Gasteiger partial charge in [0.05, 0.1) is 17.3 Å². The van der Waals surface area contributed by atoms with Crippen LogP contribution >= 0.6 is 11.3 Å². The molecule has 1 heterocycles. The number of nitrogens with one attached hydrogen (secondary N) is 1. The van der Waals surface area contributed by atoms with E-state index in [1.807, 2.05) is 19.1 Å². The minimum Gasteiger partial charge on any atom is -0.497 e. The fourth-order valence-corrected chi connectivity index (χ4v) is 3.61. The van der Waals surface area contributed by atoms with Crippen molar-refractivity contribution in [2.75, 3.05) is 12.4 Å². The maximum absolute atomic E-state index is 12.4. The molecule has 0 saturated heterocycles. The number of hydrogen-bond donors (Lipinski definition) is 1. The van der Waals surface area contributed by atoms with Crippen LogP contribution in [0.15, 0.2) is 47.3 Å². The summed E-state index contributed by atoms with van der Waals surface area (Å²) in [4.78, 5) is 24.3. The number of carbonyl (C=O) groups excluding carboxylic acids is 1. The average molecular weight is 372 g/mol. The second kappa shape index (κ2) is 7.61. The van der Waals surface area contributed by atoms with Crippen LogP contribution in [0.2, 0.25) is 0 Å². The standard InChI is InChI=1S/C19H20N2O4S/c1-4-21-16-9-8-13(10-17(16)26-19(21)23)20-18(22)12(2)25-15-7-5-6-14(11-15)24-3/h5-12H,4H2,1-3H3,(H,20,22). The lowest BCUT2D eigenvalue weighted by Crippen LogP contribution is -2.30. The van der Waals surface area contributed by atoms with E-state index in [-0.39, 0.29) is 10.8 Å². The minimum atomic E-state index is -0.684. The molecule has 0 aliphatic rings. The predicted molar refractivity (Wildman–Crippen MR) is 103 cm³/mol. The van der Waals surface area contributed by atoms with Crippen molar-refractivity contribution >= 4 is 33.1 Å². The molecule has 3 aromatic rings. The van der Waals surface area contributed by atoms with Gasteiger partial charge >= 0.3 is 4.87 Å². The first kappa shape index (κ1) is 18.0. The Labute approximate surface area is 155 Å². The zero-order chi connectivity index (χ0) is 18.7. The minimum absolute atomic E-state index is 0.000651. The van der Waals surface area contributed by atoms with Crippen LogP contribution in [0.4, 0.5) is 5.69 Å². The molecule has 2 aromatic carbocycles. The largest absolute Gasteiger partial charge is 0.497 e. The average Bonchev–Trinajstić information content (AvgIpc) is 2.95. The number of rotatable bonds is 6. The molecule has 3 rings (SSSR count). The highest BCUT2D eigenvalue weighted by Crippen LogP contribution is 2.23. The summed E-state index contributed by atoms with van der Waals surface area (Å²) in [5, 5.41) is 2.83. The van der Waals surface area contributed by atoms with E-state index in [0.717, 1.165) is 10.2 Å². The highest BCUT2D eigenvalue weighted by Gasteiger charge is 2.16. The molecule has 1 unspecified atom stereocenters. The lowest BCUT2D eigenvalue weighted by Gasteiger charge is -2.15. The fourth-order valence-electron chi connectivity index (χ4n) is 2.62. The first-order valence-electron chi connectivity index (χ1n) is 8.26. The fraction of sp³-hybridized carbons (Fsp3) is 0.263. The Hall–Kier alpha value is -2.80. The number of nitrogens with zero attached hydrogens (tertiary/aromatic N) is 1. The van der Waals surface area contributed by atoms with Crippen molar-refractivity contribution in [1.29, 1.82) is 0 Å². The Bertz CT molecular complexity index is 993. The number of carbonyl (C=O) groups is 1. The van der Waals surface area contributed by atoms with Crippen molar-refractivity contribution in [2.24, 2.45) is 0 Å². The molecule has 26 heavy (non-hydrogen) atoms. The molecule has 0 saturated carbocycles. The highest BCUT2D eigenvalue weighted by molar-refractivity contribution is 7.16. The Balaban J connectivity index is 1.72. The van der Waals surface area contributed by atoms with Crippen LogP contribution in [0.5, 0.6) is 11.5 Å². The smallest absolute Gasteiger partial charge is 0.308 e. The number of aromatic nitrogens is 1. The number of thiazole rings is 1. The number of benzene rings is 2. The van der Waals surface area contributed by atoms with E-state index in [1.54, 1.807) is 48.9 Å². The normalized spacial score (nSPS) is 12.0. The van der Waals surface area contributed by atoms with Crippen molar-refractivity contribution in [3.8, 4) is 11.5 Å². The number of ether oxygens (including phenoxy) is 2. The van der Waals surface area contributed by atoms with Crippen LogP contribution in [0.25, 0.3) is 10.2 Å². The Morgan fingerprint density at radius 3 is 2.73 bits per heavy atom. The number of anilines is 1. The summed E-state index contributed by atoms with van der Waals surface area (Å²) < 4.78 is 13.4. The van der Waals surface area contributed by atoms with Crippen molar-refractivity contribution in [2.45, 2.75) is 26.5 Å². The van der Waals surface area contributed by atoms with Gasteiger partial charge in [-0.2, -0.15) is 0 Å². The number of fused-ring (bicyclic) bond motifs is 1. The molecule has 0 radical (unpaired) electrons. The SMILES string of the molecule is CCn1c(=O)sc2cc(NC(=O)C(C)Oc3cccc(OC)c3)ccc21. The Morgan fingerprint density at radius 1 is 1.23 bits per heavy atom. The number of amides is 1. The Kier molecular flexibility index (Phi) is 5.27. The van der Waals surface area contributed by atoms with Crippen LogP contribution in [0, 0.1) is 0 Å². The van der Waals surface area contributed by atoms with Gasteiger partial charge in [-0.1, -0.05) is 17.4 Å². The van der Waals surface area contributed by atoms with Gasteiger partial charge in [-0.05, 0) is 44.2 Å². The monoisotopic (exact) mass is 372 g/mol. The molecule has 136 valence electrons. The van der Waals surface area contributed by atoms with Gasteiger partial charge < -0.3 is 14.8 Å². The van der Waals surface area contributed by atoms with E-state index in [9.17, 15) is 9.59 Å². The second-order valence-corrected chi connectivity index (χ2v) is 6.72. The van der Waals surface area contributed by atoms with E-state index in [2.05, 4.69) is 5.32 Å². The van der Waals surface area contributed by atoms with Gasteiger partial charge in [0.1, 0.15) is 11.5 Å². The molecule has 1 amide bonds. The van der Waals surface area contributed by atoms with Gasteiger partial charge in [-0.25, -0.2) is 0 Å². The first-order valence-corrected chi connectivity index (χ1v) is 9.08. The number of methoxy groups -OCH3 is 1. The van der Waals surface area contributed by atoms with Crippen LogP contribution in [-0.4, -0.2) is 23.7 Å². The first-order chi connectivity index (χ1) is 12.5. The van der Waals surface area contributed by atoms with Crippen LogP contribution < -0.4 is 19.7 Å². The molecule has 1 atom stereocenters. The summed E-state index contributed by atoms with van der Waals surface area (Å²) in [7, 11) is 1.57. The highest BCUT2D eigenvalue weighted by atomic mass is 32.1. The summed E-state index contributed by atoms with van der Waals surface area (Å²) in [6, 6.07) is 12.5. The third-order valence-electron chi connectivity index (χ3n) is 3.98. The maximum atomic E-state index is 12.4. The van der Waals surface area contributed by atoms with Gasteiger partial charge in [0.25, 0.3) is 5.91 Å². The van der Waals surface area contributed by atoms with Crippen molar-refractivity contribution in [1.82, 2.24) is 4.57 Å². The molecule has 6 nitrogen and oxygen atoms in total. The number of hydrogen-bond acceptors (Lipinski definition) is 5. The van der Waals surface area contributed by atoms with Gasteiger partial charge in [0.2, 0.25) is 0 Å². The van der Waals surface area contributed by atoms with Gasteiger partial charge in [-0.15, -0.1) is 0 Å². The Morgan fingerprint density at radius 2 is 2.00 bits per heavy atom. The molecule has 1 N–H and O–H groups in total. The lowest BCUT2D eigenvalue weighted by molar-refractivity contribution is -0.122. The summed E-state index contributed by atoms with van der Waals surface area (Å²) >= 11 is 1.17. The summed E-state index contributed by atoms with van der Waals surface area (Å²) in [6.45, 7) is 4.23. The van der Waals surface area contributed by atoms with Crippen molar-refractivity contribution in [3.05, 3.63) is 52.1 Å². The van der Waals surface area contributed by atoms with Crippen molar-refractivity contribution < 1.29 is 14.3 Å². The number of aryl methyl sites for hydroxylation is 1. The quantitative estimate of drug-likeness (QED) is 0.719. The maximum Gasteiger partial charge on any atom is 0.308 e. The summed E-state index contributed by atoms with van der Waals surface area (Å²) in [5.41, 5.74) is 1.51. The third kappa shape index (κ3) is 3.72. The molecule has 0 fully saturated rings. The zero-order valence-electron chi connectivity index (χ0n) is 14.8. The summed E-state index contributed by atoms with van der Waals surface area (Å²) in [5.74, 6) is 0.950. The van der Waals surface area contributed by atoms with E-state index in [1.165, 1.54) is 11.3 Å².